The van der Waals surface area contributed by atoms with E-state index in [-0.39, 0.29) is 11.7 Å². The zero-order chi connectivity index (χ0) is 20.1. The molecule has 0 bridgehead atoms. The Hall–Kier alpha value is -1.42. The van der Waals surface area contributed by atoms with Crippen molar-refractivity contribution in [3.63, 3.8) is 0 Å². The number of hydrogen-bond donors (Lipinski definition) is 0. The lowest BCUT2D eigenvalue weighted by molar-refractivity contribution is -0.140. The van der Waals surface area contributed by atoms with E-state index < -0.39 is 5.41 Å². The number of likely N-dealkylation sites (tertiary alicyclic amines) is 1. The quantitative estimate of drug-likeness (QED) is 0.696. The third-order valence-corrected chi connectivity index (χ3v) is 7.83. The molecule has 1 aromatic carbocycles. The van der Waals surface area contributed by atoms with E-state index in [1.165, 1.54) is 31.7 Å². The summed E-state index contributed by atoms with van der Waals surface area (Å²) < 4.78 is 14.8. The van der Waals surface area contributed by atoms with Crippen molar-refractivity contribution >= 4 is 5.91 Å². The summed E-state index contributed by atoms with van der Waals surface area (Å²) in [5.74, 6) is 0.730. The molecule has 2 aliphatic heterocycles. The van der Waals surface area contributed by atoms with Gasteiger partial charge in [0.25, 0.3) is 0 Å². The zero-order valence-corrected chi connectivity index (χ0v) is 17.9. The maximum atomic E-state index is 14.8. The first-order valence-corrected chi connectivity index (χ1v) is 11.0. The molecule has 1 aromatic rings. The second kappa shape index (κ2) is 7.12. The number of carbonyl (C=O) groups excluding carboxylic acids is 1. The van der Waals surface area contributed by atoms with Crippen molar-refractivity contribution in [3.05, 3.63) is 35.1 Å². The average Bonchev–Trinajstić information content (AvgIpc) is 2.66. The molecule has 2 fully saturated rings. The molecule has 0 N–H and O–H groups in total. The lowest BCUT2D eigenvalue weighted by Crippen LogP contribution is -2.57. The van der Waals surface area contributed by atoms with Crippen molar-refractivity contribution in [3.8, 4) is 0 Å². The number of hydrogen-bond acceptors (Lipinski definition) is 2. The summed E-state index contributed by atoms with van der Waals surface area (Å²) in [6.07, 6.45) is 6.60. The summed E-state index contributed by atoms with van der Waals surface area (Å²) in [5.41, 5.74) is 1.42. The molecule has 3 aliphatic rings. The van der Waals surface area contributed by atoms with Gasteiger partial charge < -0.3 is 9.80 Å². The van der Waals surface area contributed by atoms with Crippen molar-refractivity contribution < 1.29 is 9.18 Å². The molecule has 1 aliphatic carbocycles. The van der Waals surface area contributed by atoms with Crippen molar-refractivity contribution in [2.24, 2.45) is 11.3 Å². The van der Waals surface area contributed by atoms with Crippen LogP contribution in [0, 0.1) is 17.2 Å². The van der Waals surface area contributed by atoms with Gasteiger partial charge in [0.15, 0.2) is 0 Å². The maximum absolute atomic E-state index is 14.8. The summed E-state index contributed by atoms with van der Waals surface area (Å²) in [5, 5.41) is 0. The number of rotatable bonds is 1. The molecule has 0 radical (unpaired) electrons. The van der Waals surface area contributed by atoms with Gasteiger partial charge in [-0.15, -0.1) is 0 Å². The number of fused-ring (bicyclic) bond motifs is 2. The molecule has 4 rings (SSSR count). The predicted octanol–water partition coefficient (Wildman–Crippen LogP) is 4.74. The van der Waals surface area contributed by atoms with Crippen LogP contribution in [0.1, 0.15) is 70.4 Å². The highest BCUT2D eigenvalue weighted by Gasteiger charge is 2.50. The van der Waals surface area contributed by atoms with Crippen LogP contribution in [0.2, 0.25) is 0 Å². The van der Waals surface area contributed by atoms with Crippen LogP contribution in [-0.4, -0.2) is 41.9 Å². The SMILES string of the molecule is CN1Cc2cccc(F)c2C2(CCN(C3CCC(C(C)(C)C)CC3)CC2)C1=O. The Balaban J connectivity index is 1.49. The minimum absolute atomic E-state index is 0.112. The van der Waals surface area contributed by atoms with Gasteiger partial charge in [0, 0.05) is 25.2 Å². The van der Waals surface area contributed by atoms with E-state index in [2.05, 4.69) is 25.7 Å². The van der Waals surface area contributed by atoms with E-state index in [0.717, 1.165) is 37.4 Å². The van der Waals surface area contributed by atoms with Gasteiger partial charge in [-0.25, -0.2) is 4.39 Å². The van der Waals surface area contributed by atoms with Crippen LogP contribution in [0.15, 0.2) is 18.2 Å². The molecule has 0 atom stereocenters. The molecular weight excluding hydrogens is 351 g/mol. The smallest absolute Gasteiger partial charge is 0.233 e. The molecule has 3 nitrogen and oxygen atoms in total. The van der Waals surface area contributed by atoms with Crippen LogP contribution in [0.5, 0.6) is 0 Å². The second-order valence-corrected chi connectivity index (χ2v) is 10.4. The molecule has 1 saturated carbocycles. The zero-order valence-electron chi connectivity index (χ0n) is 17.9. The number of likely N-dealkylation sites (N-methyl/N-ethyl adjacent to an activating group) is 1. The molecule has 28 heavy (non-hydrogen) atoms. The number of benzene rings is 1. The van der Waals surface area contributed by atoms with Crippen molar-refractivity contribution in [1.82, 2.24) is 9.80 Å². The second-order valence-electron chi connectivity index (χ2n) is 10.4. The normalized spacial score (nSPS) is 28.5. The Bertz CT molecular complexity index is 737. The summed E-state index contributed by atoms with van der Waals surface area (Å²) in [6.45, 7) is 9.41. The Morgan fingerprint density at radius 3 is 2.32 bits per heavy atom. The number of amides is 1. The van der Waals surface area contributed by atoms with Gasteiger partial charge in [0.2, 0.25) is 5.91 Å². The summed E-state index contributed by atoms with van der Waals surface area (Å²) in [6, 6.07) is 5.92. The van der Waals surface area contributed by atoms with Crippen LogP contribution in [0.25, 0.3) is 0 Å². The molecule has 2 heterocycles. The van der Waals surface area contributed by atoms with Gasteiger partial charge in [0.1, 0.15) is 5.82 Å². The Kier molecular flexibility index (Phi) is 5.06. The Morgan fingerprint density at radius 1 is 1.07 bits per heavy atom. The molecule has 1 saturated heterocycles. The Morgan fingerprint density at radius 2 is 1.71 bits per heavy atom. The number of nitrogens with zero attached hydrogens (tertiary/aromatic N) is 2. The van der Waals surface area contributed by atoms with Gasteiger partial charge in [-0.1, -0.05) is 32.9 Å². The minimum Gasteiger partial charge on any atom is -0.341 e. The fourth-order valence-electron chi connectivity index (χ4n) is 6.08. The molecule has 1 amide bonds. The summed E-state index contributed by atoms with van der Waals surface area (Å²) in [4.78, 5) is 17.6. The van der Waals surface area contributed by atoms with Crippen LogP contribution in [0.3, 0.4) is 0 Å². The highest BCUT2D eigenvalue weighted by Crippen LogP contribution is 2.45. The highest BCUT2D eigenvalue weighted by atomic mass is 19.1. The first-order valence-electron chi connectivity index (χ1n) is 11.0. The largest absolute Gasteiger partial charge is 0.341 e. The fourth-order valence-corrected chi connectivity index (χ4v) is 6.08. The summed E-state index contributed by atoms with van der Waals surface area (Å²) in [7, 11) is 1.86. The lowest BCUT2D eigenvalue weighted by Gasteiger charge is -2.49. The topological polar surface area (TPSA) is 23.6 Å². The maximum Gasteiger partial charge on any atom is 0.233 e. The van der Waals surface area contributed by atoms with E-state index in [4.69, 9.17) is 0 Å². The van der Waals surface area contributed by atoms with E-state index in [1.54, 1.807) is 11.0 Å². The summed E-state index contributed by atoms with van der Waals surface area (Å²) >= 11 is 0. The molecule has 0 unspecified atom stereocenters. The molecule has 1 spiro atoms. The number of halogens is 1. The first-order chi connectivity index (χ1) is 13.2. The predicted molar refractivity (Wildman–Crippen MR) is 111 cm³/mol. The van der Waals surface area contributed by atoms with E-state index in [9.17, 15) is 9.18 Å². The van der Waals surface area contributed by atoms with Gasteiger partial charge in [0.05, 0.1) is 5.41 Å². The minimum atomic E-state index is -0.660. The number of carbonyl (C=O) groups is 1. The van der Waals surface area contributed by atoms with Crippen molar-refractivity contribution in [2.45, 2.75) is 77.3 Å². The lowest BCUT2D eigenvalue weighted by atomic mass is 9.67. The van der Waals surface area contributed by atoms with E-state index >= 15 is 0 Å². The van der Waals surface area contributed by atoms with Crippen LogP contribution < -0.4 is 0 Å². The van der Waals surface area contributed by atoms with Crippen molar-refractivity contribution in [2.75, 3.05) is 20.1 Å². The fraction of sp³-hybridized carbons (Fsp3) is 0.708. The average molecular weight is 387 g/mol. The molecule has 154 valence electrons. The van der Waals surface area contributed by atoms with Crippen LogP contribution in [-0.2, 0) is 16.8 Å². The third-order valence-electron chi connectivity index (χ3n) is 7.83. The van der Waals surface area contributed by atoms with Crippen molar-refractivity contribution in [1.29, 1.82) is 0 Å². The van der Waals surface area contributed by atoms with Crippen LogP contribution >= 0.6 is 0 Å². The van der Waals surface area contributed by atoms with Crippen LogP contribution in [0.4, 0.5) is 4.39 Å². The molecule has 0 aromatic heterocycles. The van der Waals surface area contributed by atoms with Gasteiger partial charge in [-0.2, -0.15) is 0 Å². The van der Waals surface area contributed by atoms with E-state index in [0.29, 0.717) is 23.6 Å². The van der Waals surface area contributed by atoms with Gasteiger partial charge in [-0.3, -0.25) is 4.79 Å². The van der Waals surface area contributed by atoms with Gasteiger partial charge >= 0.3 is 0 Å². The number of piperidine rings is 1. The molecular formula is C24H35FN2O. The Labute approximate surface area is 169 Å². The van der Waals surface area contributed by atoms with Gasteiger partial charge in [-0.05, 0) is 74.6 Å². The monoisotopic (exact) mass is 386 g/mol. The van der Waals surface area contributed by atoms with E-state index in [1.807, 2.05) is 13.1 Å². The molecule has 4 heteroatoms. The first kappa shape index (κ1) is 19.9. The standard InChI is InChI=1S/C24H35FN2O/c1-23(2,3)18-8-10-19(11-9-18)27-14-12-24(13-15-27)21-17(6-5-7-20(21)25)16-26(4)22(24)28/h5-7,18-19H,8-16H2,1-4H3. The third kappa shape index (κ3) is 3.28. The highest BCUT2D eigenvalue weighted by molar-refractivity contribution is 5.90.